The maximum absolute atomic E-state index is 13.0. The molecule has 0 saturated heterocycles. The van der Waals surface area contributed by atoms with Gasteiger partial charge in [0.05, 0.1) is 17.4 Å². The van der Waals surface area contributed by atoms with E-state index in [0.29, 0.717) is 11.9 Å². The van der Waals surface area contributed by atoms with Crippen molar-refractivity contribution in [2.45, 2.75) is 26.3 Å². The number of hydrogen-bond acceptors (Lipinski definition) is 3. The van der Waals surface area contributed by atoms with Crippen LogP contribution in [0.1, 0.15) is 25.3 Å². The van der Waals surface area contributed by atoms with Crippen LogP contribution in [0.3, 0.4) is 0 Å². The molecule has 0 bridgehead atoms. The first-order valence-corrected chi connectivity index (χ1v) is 8.45. The Labute approximate surface area is 142 Å². The summed E-state index contributed by atoms with van der Waals surface area (Å²) in [4.78, 5) is 19.9. The summed E-state index contributed by atoms with van der Waals surface area (Å²) in [6.07, 6.45) is 2.19. The van der Waals surface area contributed by atoms with E-state index in [1.54, 1.807) is 4.57 Å². The standard InChI is InChI=1S/C20H23N3O/c1-3-4-14-22(2)20-21-18-13-9-8-12-17(18)19(24)23(20)15-16-10-6-5-7-11-16/h5-13H,3-4,14-15H2,1-2H3. The highest BCUT2D eigenvalue weighted by atomic mass is 16.1. The van der Waals surface area contributed by atoms with Gasteiger partial charge in [0.1, 0.15) is 0 Å². The third-order valence-corrected chi connectivity index (χ3v) is 4.21. The van der Waals surface area contributed by atoms with Gasteiger partial charge in [-0.3, -0.25) is 9.36 Å². The summed E-state index contributed by atoms with van der Waals surface area (Å²) < 4.78 is 1.79. The smallest absolute Gasteiger partial charge is 0.263 e. The summed E-state index contributed by atoms with van der Waals surface area (Å²) in [5, 5.41) is 0.668. The van der Waals surface area contributed by atoms with Crippen molar-refractivity contribution < 1.29 is 0 Å². The molecule has 1 aromatic heterocycles. The van der Waals surface area contributed by atoms with Crippen molar-refractivity contribution in [3.8, 4) is 0 Å². The Balaban J connectivity index is 2.12. The second-order valence-corrected chi connectivity index (χ2v) is 6.08. The number of rotatable bonds is 6. The number of fused-ring (bicyclic) bond motifs is 1. The predicted molar refractivity (Wildman–Crippen MR) is 99.7 cm³/mol. The minimum atomic E-state index is 0.0165. The Morgan fingerprint density at radius 1 is 1.04 bits per heavy atom. The highest BCUT2D eigenvalue weighted by molar-refractivity contribution is 5.78. The molecule has 0 atom stereocenters. The van der Waals surface area contributed by atoms with Crippen molar-refractivity contribution >= 4 is 16.9 Å². The Bertz CT molecular complexity index is 871. The van der Waals surface area contributed by atoms with Crippen molar-refractivity contribution in [1.29, 1.82) is 0 Å². The average Bonchev–Trinajstić information content (AvgIpc) is 2.63. The monoisotopic (exact) mass is 321 g/mol. The normalized spacial score (nSPS) is 10.9. The van der Waals surface area contributed by atoms with Crippen molar-refractivity contribution in [3.05, 3.63) is 70.5 Å². The number of hydrogen-bond donors (Lipinski definition) is 0. The molecule has 24 heavy (non-hydrogen) atoms. The first-order valence-electron chi connectivity index (χ1n) is 8.45. The summed E-state index contributed by atoms with van der Waals surface area (Å²) in [6.45, 7) is 3.58. The van der Waals surface area contributed by atoms with E-state index in [2.05, 4.69) is 11.8 Å². The fraction of sp³-hybridized carbons (Fsp3) is 0.300. The Morgan fingerprint density at radius 3 is 2.50 bits per heavy atom. The van der Waals surface area contributed by atoms with Gasteiger partial charge in [0.25, 0.3) is 5.56 Å². The zero-order valence-corrected chi connectivity index (χ0v) is 14.3. The second-order valence-electron chi connectivity index (χ2n) is 6.08. The van der Waals surface area contributed by atoms with E-state index in [0.717, 1.165) is 36.4 Å². The van der Waals surface area contributed by atoms with E-state index in [1.165, 1.54) is 0 Å². The lowest BCUT2D eigenvalue weighted by atomic mass is 10.2. The molecule has 0 fully saturated rings. The van der Waals surface area contributed by atoms with Crippen LogP contribution in [0.15, 0.2) is 59.4 Å². The molecule has 0 saturated carbocycles. The lowest BCUT2D eigenvalue weighted by molar-refractivity contribution is 0.686. The lowest BCUT2D eigenvalue weighted by Crippen LogP contribution is -2.31. The SMILES string of the molecule is CCCCN(C)c1nc2ccccc2c(=O)n1Cc1ccccc1. The topological polar surface area (TPSA) is 38.1 Å². The highest BCUT2D eigenvalue weighted by Gasteiger charge is 2.14. The molecule has 3 aromatic rings. The van der Waals surface area contributed by atoms with Crippen LogP contribution in [0, 0.1) is 0 Å². The van der Waals surface area contributed by atoms with Gasteiger partial charge < -0.3 is 4.90 Å². The van der Waals surface area contributed by atoms with Crippen LogP contribution >= 0.6 is 0 Å². The van der Waals surface area contributed by atoms with E-state index in [9.17, 15) is 4.79 Å². The fourth-order valence-electron chi connectivity index (χ4n) is 2.85. The molecular formula is C20H23N3O. The van der Waals surface area contributed by atoms with E-state index in [4.69, 9.17) is 4.98 Å². The molecule has 0 aliphatic heterocycles. The van der Waals surface area contributed by atoms with E-state index in [-0.39, 0.29) is 5.56 Å². The van der Waals surface area contributed by atoms with Crippen LogP contribution in [-0.4, -0.2) is 23.1 Å². The van der Waals surface area contributed by atoms with Crippen LogP contribution in [0.25, 0.3) is 10.9 Å². The van der Waals surface area contributed by atoms with Crippen molar-refractivity contribution in [2.75, 3.05) is 18.5 Å². The van der Waals surface area contributed by atoms with Gasteiger partial charge >= 0.3 is 0 Å². The summed E-state index contributed by atoms with van der Waals surface area (Å²) in [5.74, 6) is 0.732. The summed E-state index contributed by atoms with van der Waals surface area (Å²) in [6, 6.07) is 17.6. The molecule has 0 aliphatic rings. The quantitative estimate of drug-likeness (QED) is 0.695. The molecule has 124 valence electrons. The summed E-state index contributed by atoms with van der Waals surface area (Å²) in [5.41, 5.74) is 1.87. The van der Waals surface area contributed by atoms with Crippen LogP contribution in [0.4, 0.5) is 5.95 Å². The molecule has 0 aliphatic carbocycles. The minimum Gasteiger partial charge on any atom is -0.345 e. The third kappa shape index (κ3) is 3.32. The Kier molecular flexibility index (Phi) is 4.94. The molecule has 0 radical (unpaired) electrons. The molecular weight excluding hydrogens is 298 g/mol. The zero-order chi connectivity index (χ0) is 16.9. The number of nitrogens with zero attached hydrogens (tertiary/aromatic N) is 3. The largest absolute Gasteiger partial charge is 0.345 e. The summed E-state index contributed by atoms with van der Waals surface area (Å²) in [7, 11) is 2.01. The molecule has 4 heteroatoms. The number of unbranched alkanes of at least 4 members (excludes halogenated alkanes) is 1. The van der Waals surface area contributed by atoms with Crippen LogP contribution < -0.4 is 10.5 Å². The van der Waals surface area contributed by atoms with E-state index in [1.807, 2.05) is 61.6 Å². The maximum Gasteiger partial charge on any atom is 0.263 e. The van der Waals surface area contributed by atoms with Crippen molar-refractivity contribution in [3.63, 3.8) is 0 Å². The van der Waals surface area contributed by atoms with Gasteiger partial charge in [0, 0.05) is 13.6 Å². The molecule has 0 N–H and O–H groups in total. The van der Waals surface area contributed by atoms with Crippen LogP contribution in [0.5, 0.6) is 0 Å². The van der Waals surface area contributed by atoms with E-state index >= 15 is 0 Å². The third-order valence-electron chi connectivity index (χ3n) is 4.21. The van der Waals surface area contributed by atoms with E-state index < -0.39 is 0 Å². The lowest BCUT2D eigenvalue weighted by Gasteiger charge is -2.22. The van der Waals surface area contributed by atoms with Gasteiger partial charge in [-0.2, -0.15) is 0 Å². The molecule has 0 spiro atoms. The summed E-state index contributed by atoms with van der Waals surface area (Å²) >= 11 is 0. The highest BCUT2D eigenvalue weighted by Crippen LogP contribution is 2.16. The molecule has 0 unspecified atom stereocenters. The average molecular weight is 321 g/mol. The van der Waals surface area contributed by atoms with Gasteiger partial charge in [-0.05, 0) is 24.1 Å². The fourth-order valence-corrected chi connectivity index (χ4v) is 2.85. The van der Waals surface area contributed by atoms with Gasteiger partial charge in [-0.25, -0.2) is 4.98 Å². The van der Waals surface area contributed by atoms with Gasteiger partial charge in [-0.15, -0.1) is 0 Å². The zero-order valence-electron chi connectivity index (χ0n) is 14.3. The number of anilines is 1. The van der Waals surface area contributed by atoms with Gasteiger partial charge in [0.15, 0.2) is 0 Å². The first-order chi connectivity index (χ1) is 11.7. The van der Waals surface area contributed by atoms with Crippen molar-refractivity contribution in [1.82, 2.24) is 9.55 Å². The maximum atomic E-state index is 13.0. The number of aromatic nitrogens is 2. The first kappa shape index (κ1) is 16.2. The molecule has 2 aromatic carbocycles. The molecule has 3 rings (SSSR count). The van der Waals surface area contributed by atoms with Gasteiger partial charge in [-0.1, -0.05) is 55.8 Å². The van der Waals surface area contributed by atoms with Crippen LogP contribution in [0.2, 0.25) is 0 Å². The molecule has 4 nitrogen and oxygen atoms in total. The Hall–Kier alpha value is -2.62. The van der Waals surface area contributed by atoms with Crippen molar-refractivity contribution in [2.24, 2.45) is 0 Å². The molecule has 1 heterocycles. The Morgan fingerprint density at radius 2 is 1.75 bits per heavy atom. The number of benzene rings is 2. The second kappa shape index (κ2) is 7.30. The minimum absolute atomic E-state index is 0.0165. The predicted octanol–water partition coefficient (Wildman–Crippen LogP) is 3.68. The number of para-hydroxylation sites is 1. The molecule has 0 amide bonds. The van der Waals surface area contributed by atoms with Gasteiger partial charge in [0.2, 0.25) is 5.95 Å². The van der Waals surface area contributed by atoms with Crippen LogP contribution in [-0.2, 0) is 6.54 Å².